The number of aliphatic carboxylic acids is 1. The predicted molar refractivity (Wildman–Crippen MR) is 116 cm³/mol. The van der Waals surface area contributed by atoms with E-state index in [1.807, 2.05) is 18.2 Å². The van der Waals surface area contributed by atoms with Gasteiger partial charge in [-0.3, -0.25) is 14.4 Å². The van der Waals surface area contributed by atoms with Gasteiger partial charge in [0.2, 0.25) is 11.8 Å². The van der Waals surface area contributed by atoms with Crippen LogP contribution >= 0.6 is 21.6 Å². The molecule has 0 unspecified atom stereocenters. The predicted octanol–water partition coefficient (Wildman–Crippen LogP) is 2.08. The van der Waals surface area contributed by atoms with Crippen LogP contribution < -0.4 is 10.6 Å². The van der Waals surface area contributed by atoms with Gasteiger partial charge in [-0.15, -0.1) is 0 Å². The van der Waals surface area contributed by atoms with E-state index in [1.165, 1.54) is 0 Å². The second kappa shape index (κ2) is 15.1. The summed E-state index contributed by atoms with van der Waals surface area (Å²) in [5.74, 6) is -1.58. The Morgan fingerprint density at radius 1 is 1.03 bits per heavy atom. The average Bonchev–Trinajstić information content (AvgIpc) is 2.71. The Morgan fingerprint density at radius 3 is 2.23 bits per heavy atom. The number of nitrogens with zero attached hydrogens (tertiary/aromatic N) is 1. The quantitative estimate of drug-likeness (QED) is 0.193. The minimum absolute atomic E-state index is 0.0458. The first-order valence-corrected chi connectivity index (χ1v) is 11.8. The zero-order valence-corrected chi connectivity index (χ0v) is 18.9. The maximum Gasteiger partial charge on any atom is 0.303 e. The third-order valence-corrected chi connectivity index (χ3v) is 5.77. The lowest BCUT2D eigenvalue weighted by molar-refractivity contribution is -0.211. The molecule has 11 heteroatoms. The van der Waals surface area contributed by atoms with Crippen LogP contribution in [0.5, 0.6) is 0 Å². The summed E-state index contributed by atoms with van der Waals surface area (Å²) in [6.07, 6.45) is 1.88. The summed E-state index contributed by atoms with van der Waals surface area (Å²) in [7, 11) is 3.12. The smallest absolute Gasteiger partial charge is 0.303 e. The minimum atomic E-state index is -1.01. The molecule has 0 radical (unpaired) electrons. The first kappa shape index (κ1) is 26.2. The van der Waals surface area contributed by atoms with Gasteiger partial charge in [-0.1, -0.05) is 16.9 Å². The van der Waals surface area contributed by atoms with Gasteiger partial charge in [-0.05, 0) is 36.8 Å². The molecule has 3 N–H and O–H groups in total. The molecule has 0 aliphatic carbocycles. The van der Waals surface area contributed by atoms with Gasteiger partial charge in [0.25, 0.3) is 0 Å². The summed E-state index contributed by atoms with van der Waals surface area (Å²) in [6, 6.07) is 5.71. The van der Waals surface area contributed by atoms with Crippen molar-refractivity contribution in [1.82, 2.24) is 15.6 Å². The summed E-state index contributed by atoms with van der Waals surface area (Å²) < 4.78 is 11.2. The number of aromatic nitrogens is 1. The van der Waals surface area contributed by atoms with E-state index in [4.69, 9.17) is 14.6 Å². The fraction of sp³-hybridized carbons (Fsp3) is 0.579. The number of amides is 2. The van der Waals surface area contributed by atoms with Crippen molar-refractivity contribution in [1.29, 1.82) is 0 Å². The molecule has 0 aromatic carbocycles. The first-order chi connectivity index (χ1) is 14.3. The second-order valence-corrected chi connectivity index (χ2v) is 8.95. The van der Waals surface area contributed by atoms with Crippen LogP contribution in [-0.4, -0.2) is 65.7 Å². The van der Waals surface area contributed by atoms with Gasteiger partial charge < -0.3 is 25.2 Å². The number of pyridine rings is 1. The monoisotopic (exact) mass is 459 g/mol. The summed E-state index contributed by atoms with van der Waals surface area (Å²) in [5.41, 5.74) is 0. The van der Waals surface area contributed by atoms with E-state index < -0.39 is 11.8 Å². The van der Waals surface area contributed by atoms with Crippen molar-refractivity contribution in [2.45, 2.75) is 43.9 Å². The van der Waals surface area contributed by atoms with Gasteiger partial charge in [-0.2, -0.15) is 0 Å². The summed E-state index contributed by atoms with van der Waals surface area (Å²) in [5, 5.41) is 14.8. The Labute approximate surface area is 184 Å². The van der Waals surface area contributed by atoms with E-state index in [0.717, 1.165) is 5.03 Å². The Hall–Kier alpha value is -1.82. The molecular weight excluding hydrogens is 430 g/mol. The van der Waals surface area contributed by atoms with E-state index in [-0.39, 0.29) is 37.8 Å². The lowest BCUT2D eigenvalue weighted by atomic mass is 10.3. The van der Waals surface area contributed by atoms with E-state index in [1.54, 1.807) is 41.6 Å². The number of nitrogens with one attached hydrogen (secondary N) is 2. The molecule has 2 amide bonds. The zero-order chi connectivity index (χ0) is 22.2. The highest BCUT2D eigenvalue weighted by molar-refractivity contribution is 8.76. The number of hydrogen-bond donors (Lipinski definition) is 3. The van der Waals surface area contributed by atoms with Crippen molar-refractivity contribution < 1.29 is 29.0 Å². The van der Waals surface area contributed by atoms with Crippen molar-refractivity contribution in [2.24, 2.45) is 0 Å². The van der Waals surface area contributed by atoms with Gasteiger partial charge in [0.15, 0.2) is 5.79 Å². The van der Waals surface area contributed by atoms with E-state index >= 15 is 0 Å². The molecule has 0 fully saturated rings. The maximum absolute atomic E-state index is 11.8. The van der Waals surface area contributed by atoms with Gasteiger partial charge in [0.1, 0.15) is 5.03 Å². The Bertz CT molecular complexity index is 661. The molecule has 9 nitrogen and oxygen atoms in total. The van der Waals surface area contributed by atoms with Crippen LogP contribution in [0.3, 0.4) is 0 Å². The third-order valence-electron chi connectivity index (χ3n) is 3.51. The molecule has 0 spiro atoms. The Kier molecular flexibility index (Phi) is 13.2. The fourth-order valence-corrected chi connectivity index (χ4v) is 3.92. The number of hydrogen-bond acceptors (Lipinski definition) is 8. The van der Waals surface area contributed by atoms with Crippen LogP contribution in [0.15, 0.2) is 29.4 Å². The van der Waals surface area contributed by atoms with Crippen molar-refractivity contribution in [2.75, 3.05) is 32.1 Å². The van der Waals surface area contributed by atoms with Crippen LogP contribution in [0.2, 0.25) is 0 Å². The van der Waals surface area contributed by atoms with E-state index in [9.17, 15) is 14.4 Å². The van der Waals surface area contributed by atoms with Crippen molar-refractivity contribution >= 4 is 39.4 Å². The molecule has 1 aromatic rings. The number of ether oxygens (including phenoxy) is 2. The molecule has 1 heterocycles. The summed E-state index contributed by atoms with van der Waals surface area (Å²) >= 11 is 0. The lowest BCUT2D eigenvalue weighted by Gasteiger charge is -2.26. The standard InChI is InChI=1S/C19H29N3O6S2/c1-19(2,27-12-10-20-15(23)6-7-18(25)26)28-13-11-21-16(24)8-14-29-30-17-5-3-4-9-22-17/h3-5,9H,6-8,10-14H2,1-2H3,(H,20,23)(H,21,24)(H,25,26). The molecule has 0 aliphatic heterocycles. The average molecular weight is 460 g/mol. The Morgan fingerprint density at radius 2 is 1.67 bits per heavy atom. The topological polar surface area (TPSA) is 127 Å². The fourth-order valence-electron chi connectivity index (χ4n) is 2.05. The minimum Gasteiger partial charge on any atom is -0.481 e. The largest absolute Gasteiger partial charge is 0.481 e. The van der Waals surface area contributed by atoms with Crippen molar-refractivity contribution in [3.05, 3.63) is 24.4 Å². The molecule has 0 saturated heterocycles. The van der Waals surface area contributed by atoms with Crippen LogP contribution in [0.1, 0.15) is 33.1 Å². The lowest BCUT2D eigenvalue weighted by Crippen LogP contribution is -2.36. The first-order valence-electron chi connectivity index (χ1n) is 9.52. The molecule has 168 valence electrons. The number of carboxylic acid groups (broad SMARTS) is 1. The molecule has 1 aromatic heterocycles. The third kappa shape index (κ3) is 14.2. The van der Waals surface area contributed by atoms with Gasteiger partial charge in [0, 0.05) is 37.9 Å². The van der Waals surface area contributed by atoms with Gasteiger partial charge in [0.05, 0.1) is 19.6 Å². The van der Waals surface area contributed by atoms with Gasteiger partial charge in [-0.25, -0.2) is 4.98 Å². The molecule has 0 saturated carbocycles. The van der Waals surface area contributed by atoms with Crippen LogP contribution in [0.4, 0.5) is 0 Å². The number of carbonyl (C=O) groups is 3. The molecule has 0 atom stereocenters. The van der Waals surface area contributed by atoms with Crippen LogP contribution in [-0.2, 0) is 23.9 Å². The van der Waals surface area contributed by atoms with Crippen LogP contribution in [0, 0.1) is 0 Å². The summed E-state index contributed by atoms with van der Waals surface area (Å²) in [4.78, 5) is 37.8. The maximum atomic E-state index is 11.8. The molecule has 0 aliphatic rings. The molecule has 0 bridgehead atoms. The second-order valence-electron chi connectivity index (χ2n) is 6.51. The van der Waals surface area contributed by atoms with E-state index in [0.29, 0.717) is 25.3 Å². The number of carbonyl (C=O) groups excluding carboxylic acids is 2. The molecule has 1 rings (SSSR count). The van der Waals surface area contributed by atoms with Gasteiger partial charge >= 0.3 is 5.97 Å². The SMILES string of the molecule is CC(C)(OCCNC(=O)CCSSc1ccccn1)OCCNC(=O)CCC(=O)O. The highest BCUT2D eigenvalue weighted by Gasteiger charge is 2.18. The zero-order valence-electron chi connectivity index (χ0n) is 17.2. The van der Waals surface area contributed by atoms with E-state index in [2.05, 4.69) is 15.6 Å². The highest BCUT2D eigenvalue weighted by Crippen LogP contribution is 2.29. The molecular formula is C19H29N3O6S2. The van der Waals surface area contributed by atoms with Crippen LogP contribution in [0.25, 0.3) is 0 Å². The molecule has 30 heavy (non-hydrogen) atoms. The highest BCUT2D eigenvalue weighted by atomic mass is 33.1. The van der Waals surface area contributed by atoms with Crippen molar-refractivity contribution in [3.63, 3.8) is 0 Å². The van der Waals surface area contributed by atoms with Crippen molar-refractivity contribution in [3.8, 4) is 0 Å². The normalized spacial score (nSPS) is 11.1. The summed E-state index contributed by atoms with van der Waals surface area (Å²) in [6.45, 7) is 4.63. The number of rotatable bonds is 16. The Balaban J connectivity index is 2.02. The number of carboxylic acids is 1.